The number of hydrogen-bond donors (Lipinski definition) is 2. The van der Waals surface area contributed by atoms with Crippen molar-refractivity contribution in [3.8, 4) is 0 Å². The Labute approximate surface area is 113 Å². The average Bonchev–Trinajstić information content (AvgIpc) is 2.42. The lowest BCUT2D eigenvalue weighted by Crippen LogP contribution is -2.58. The van der Waals surface area contributed by atoms with Crippen molar-refractivity contribution in [2.75, 3.05) is 39.3 Å². The van der Waals surface area contributed by atoms with E-state index in [1.54, 1.807) is 0 Å². The number of rotatable bonds is 8. The molecule has 0 aliphatic carbocycles. The van der Waals surface area contributed by atoms with Gasteiger partial charge < -0.3 is 10.6 Å². The standard InChI is InChI=1S/C14H32N4/c1-5-13(15-7-3)17-9-11-18(12-10-17)14(6-2)16-8-4/h13-16H,5-12H2,1-4H3. The van der Waals surface area contributed by atoms with Gasteiger partial charge in [0.1, 0.15) is 0 Å². The van der Waals surface area contributed by atoms with E-state index in [4.69, 9.17) is 0 Å². The third kappa shape index (κ3) is 4.50. The van der Waals surface area contributed by atoms with Gasteiger partial charge in [0, 0.05) is 26.2 Å². The van der Waals surface area contributed by atoms with Crippen LogP contribution in [0.4, 0.5) is 0 Å². The van der Waals surface area contributed by atoms with Gasteiger partial charge in [-0.15, -0.1) is 0 Å². The topological polar surface area (TPSA) is 30.5 Å². The first kappa shape index (κ1) is 15.9. The Morgan fingerprint density at radius 1 is 0.722 bits per heavy atom. The van der Waals surface area contributed by atoms with E-state index in [-0.39, 0.29) is 0 Å². The molecular weight excluding hydrogens is 224 g/mol. The van der Waals surface area contributed by atoms with Crippen molar-refractivity contribution in [3.05, 3.63) is 0 Å². The quantitative estimate of drug-likeness (QED) is 0.685. The highest BCUT2D eigenvalue weighted by Crippen LogP contribution is 2.10. The lowest BCUT2D eigenvalue weighted by molar-refractivity contribution is 0.0468. The molecule has 1 fully saturated rings. The maximum Gasteiger partial charge on any atom is 0.0595 e. The summed E-state index contributed by atoms with van der Waals surface area (Å²) in [4.78, 5) is 5.19. The molecule has 0 saturated carbocycles. The molecule has 1 aliphatic heterocycles. The second-order valence-electron chi connectivity index (χ2n) is 5.04. The molecule has 1 aliphatic rings. The van der Waals surface area contributed by atoms with Gasteiger partial charge in [-0.1, -0.05) is 27.7 Å². The van der Waals surface area contributed by atoms with Crippen LogP contribution in [0.15, 0.2) is 0 Å². The molecule has 0 aromatic carbocycles. The summed E-state index contributed by atoms with van der Waals surface area (Å²) in [6.45, 7) is 15.8. The zero-order valence-corrected chi connectivity index (χ0v) is 12.7. The molecule has 4 heteroatoms. The van der Waals surface area contributed by atoms with Gasteiger partial charge in [-0.2, -0.15) is 0 Å². The van der Waals surface area contributed by atoms with Crippen molar-refractivity contribution in [3.63, 3.8) is 0 Å². The zero-order chi connectivity index (χ0) is 13.4. The van der Waals surface area contributed by atoms with E-state index in [1.165, 1.54) is 39.0 Å². The predicted molar refractivity (Wildman–Crippen MR) is 78.7 cm³/mol. The molecule has 1 heterocycles. The van der Waals surface area contributed by atoms with Crippen molar-refractivity contribution < 1.29 is 0 Å². The Bertz CT molecular complexity index is 180. The second kappa shape index (κ2) is 8.86. The van der Waals surface area contributed by atoms with Crippen molar-refractivity contribution in [1.82, 2.24) is 20.4 Å². The van der Waals surface area contributed by atoms with Crippen LogP contribution in [0.2, 0.25) is 0 Å². The maximum atomic E-state index is 3.58. The highest BCUT2D eigenvalue weighted by Gasteiger charge is 2.25. The fourth-order valence-electron chi connectivity index (χ4n) is 2.90. The van der Waals surface area contributed by atoms with E-state index >= 15 is 0 Å². The van der Waals surface area contributed by atoms with Crippen LogP contribution in [0.3, 0.4) is 0 Å². The van der Waals surface area contributed by atoms with E-state index in [9.17, 15) is 0 Å². The number of nitrogens with zero attached hydrogens (tertiary/aromatic N) is 2. The van der Waals surface area contributed by atoms with Gasteiger partial charge in [-0.05, 0) is 25.9 Å². The second-order valence-corrected chi connectivity index (χ2v) is 5.04. The predicted octanol–water partition coefficient (Wildman–Crippen LogP) is 1.30. The zero-order valence-electron chi connectivity index (χ0n) is 12.7. The van der Waals surface area contributed by atoms with Crippen LogP contribution in [0, 0.1) is 0 Å². The Morgan fingerprint density at radius 3 is 1.28 bits per heavy atom. The van der Waals surface area contributed by atoms with Crippen molar-refractivity contribution in [2.24, 2.45) is 0 Å². The van der Waals surface area contributed by atoms with Crippen LogP contribution >= 0.6 is 0 Å². The molecule has 0 radical (unpaired) electrons. The first-order chi connectivity index (χ1) is 8.76. The lowest BCUT2D eigenvalue weighted by Gasteiger charge is -2.42. The van der Waals surface area contributed by atoms with Crippen LogP contribution in [0.5, 0.6) is 0 Å². The molecule has 0 aromatic heterocycles. The van der Waals surface area contributed by atoms with E-state index in [2.05, 4.69) is 48.1 Å². The van der Waals surface area contributed by atoms with E-state index in [1.807, 2.05) is 0 Å². The van der Waals surface area contributed by atoms with Gasteiger partial charge in [0.2, 0.25) is 0 Å². The van der Waals surface area contributed by atoms with Gasteiger partial charge >= 0.3 is 0 Å². The summed E-state index contributed by atoms with van der Waals surface area (Å²) in [5.41, 5.74) is 0. The van der Waals surface area contributed by atoms with Crippen LogP contribution in [-0.2, 0) is 0 Å². The molecule has 0 amide bonds. The summed E-state index contributed by atoms with van der Waals surface area (Å²) < 4.78 is 0. The van der Waals surface area contributed by atoms with Crippen LogP contribution in [-0.4, -0.2) is 61.4 Å². The summed E-state index contributed by atoms with van der Waals surface area (Å²) in [7, 11) is 0. The van der Waals surface area contributed by atoms with Crippen molar-refractivity contribution >= 4 is 0 Å². The van der Waals surface area contributed by atoms with Crippen LogP contribution in [0.25, 0.3) is 0 Å². The smallest absolute Gasteiger partial charge is 0.0595 e. The molecule has 18 heavy (non-hydrogen) atoms. The molecule has 108 valence electrons. The molecule has 2 N–H and O–H groups in total. The first-order valence-corrected chi connectivity index (χ1v) is 7.71. The minimum absolute atomic E-state index is 0.566. The number of piperazine rings is 1. The highest BCUT2D eigenvalue weighted by molar-refractivity contribution is 4.79. The largest absolute Gasteiger partial charge is 0.302 e. The summed E-state index contributed by atoms with van der Waals surface area (Å²) in [5.74, 6) is 0. The Kier molecular flexibility index (Phi) is 7.82. The van der Waals surface area contributed by atoms with E-state index in [0.717, 1.165) is 13.1 Å². The number of nitrogens with one attached hydrogen (secondary N) is 2. The third-order valence-electron chi connectivity index (χ3n) is 3.88. The molecule has 1 rings (SSSR count). The number of hydrogen-bond acceptors (Lipinski definition) is 4. The Hall–Kier alpha value is -0.160. The molecule has 1 saturated heterocycles. The van der Waals surface area contributed by atoms with Crippen LogP contribution < -0.4 is 10.6 Å². The summed E-state index contributed by atoms with van der Waals surface area (Å²) in [5, 5.41) is 7.15. The SMILES string of the molecule is CCNC(CC)N1CCN(C(CC)NCC)CC1. The van der Waals surface area contributed by atoms with Gasteiger partial charge in [-0.25, -0.2) is 0 Å². The minimum atomic E-state index is 0.566. The van der Waals surface area contributed by atoms with Gasteiger partial charge in [0.25, 0.3) is 0 Å². The van der Waals surface area contributed by atoms with Crippen molar-refractivity contribution in [2.45, 2.75) is 52.9 Å². The van der Waals surface area contributed by atoms with Gasteiger partial charge in [0.05, 0.1) is 12.3 Å². The fourth-order valence-corrected chi connectivity index (χ4v) is 2.90. The summed E-state index contributed by atoms with van der Waals surface area (Å²) >= 11 is 0. The fraction of sp³-hybridized carbons (Fsp3) is 1.00. The third-order valence-corrected chi connectivity index (χ3v) is 3.88. The minimum Gasteiger partial charge on any atom is -0.302 e. The van der Waals surface area contributed by atoms with Crippen LogP contribution in [0.1, 0.15) is 40.5 Å². The normalized spacial score (nSPS) is 22.0. The Morgan fingerprint density at radius 2 is 1.06 bits per heavy atom. The maximum absolute atomic E-state index is 3.58. The van der Waals surface area contributed by atoms with Gasteiger partial charge in [0.15, 0.2) is 0 Å². The Balaban J connectivity index is 2.39. The molecule has 0 aromatic rings. The van der Waals surface area contributed by atoms with E-state index < -0.39 is 0 Å². The monoisotopic (exact) mass is 256 g/mol. The molecule has 2 atom stereocenters. The molecule has 4 nitrogen and oxygen atoms in total. The summed E-state index contributed by atoms with van der Waals surface area (Å²) in [6.07, 6.45) is 3.52. The average molecular weight is 256 g/mol. The highest BCUT2D eigenvalue weighted by atomic mass is 15.4. The van der Waals surface area contributed by atoms with E-state index in [0.29, 0.717) is 12.3 Å². The molecule has 0 spiro atoms. The van der Waals surface area contributed by atoms with Gasteiger partial charge in [-0.3, -0.25) is 9.80 Å². The molecular formula is C14H32N4. The first-order valence-electron chi connectivity index (χ1n) is 7.71. The molecule has 2 unspecified atom stereocenters. The summed E-state index contributed by atoms with van der Waals surface area (Å²) in [6, 6.07) is 0. The lowest BCUT2D eigenvalue weighted by atomic mass is 10.2. The molecule has 0 bridgehead atoms. The van der Waals surface area contributed by atoms with Crippen molar-refractivity contribution in [1.29, 1.82) is 0 Å².